The van der Waals surface area contributed by atoms with Gasteiger partial charge in [0, 0.05) is 36.3 Å². The summed E-state index contributed by atoms with van der Waals surface area (Å²) in [4.78, 5) is 45.8. The molecule has 0 atom stereocenters. The lowest BCUT2D eigenvalue weighted by atomic mass is 10.1. The van der Waals surface area contributed by atoms with Crippen molar-refractivity contribution in [3.05, 3.63) is 63.7 Å². The number of benzene rings is 2. The van der Waals surface area contributed by atoms with Crippen LogP contribution < -0.4 is 10.6 Å². The summed E-state index contributed by atoms with van der Waals surface area (Å²) in [7, 11) is 0. The largest absolute Gasteiger partial charge is 0.456 e. The Morgan fingerprint density at radius 2 is 1.73 bits per heavy atom. The summed E-state index contributed by atoms with van der Waals surface area (Å²) in [6.07, 6.45) is 0.226. The number of carbonyl (C=O) groups is 3. The molecule has 2 N–H and O–H groups in total. The maximum absolute atomic E-state index is 11.9. The number of hydrogen-bond acceptors (Lipinski definition) is 6. The number of rotatable bonds is 9. The van der Waals surface area contributed by atoms with E-state index < -0.39 is 23.4 Å². The average Bonchev–Trinajstić information content (AvgIpc) is 2.70. The molecule has 0 radical (unpaired) electrons. The number of esters is 1. The Hall–Kier alpha value is -3.75. The molecule has 0 unspecified atom stereocenters. The van der Waals surface area contributed by atoms with Crippen molar-refractivity contribution in [3.63, 3.8) is 0 Å². The summed E-state index contributed by atoms with van der Waals surface area (Å²) in [5.74, 6) is -1.41. The second-order valence-electron chi connectivity index (χ2n) is 6.67. The highest BCUT2D eigenvalue weighted by Gasteiger charge is 2.12. The van der Waals surface area contributed by atoms with E-state index in [0.717, 1.165) is 11.1 Å². The highest BCUT2D eigenvalue weighted by molar-refractivity contribution is 5.94. The Labute approximate surface area is 173 Å². The van der Waals surface area contributed by atoms with Crippen LogP contribution in [0.1, 0.15) is 30.4 Å². The van der Waals surface area contributed by atoms with Gasteiger partial charge < -0.3 is 15.4 Å². The number of ether oxygens (including phenoxy) is 1. The van der Waals surface area contributed by atoms with E-state index in [-0.39, 0.29) is 30.9 Å². The van der Waals surface area contributed by atoms with Gasteiger partial charge in [0.2, 0.25) is 5.91 Å². The number of anilines is 2. The van der Waals surface area contributed by atoms with Crippen LogP contribution in [0.25, 0.3) is 0 Å². The molecule has 0 bridgehead atoms. The minimum atomic E-state index is -0.589. The number of aryl methyl sites for hydroxylation is 1. The number of hydrogen-bond donors (Lipinski definition) is 2. The van der Waals surface area contributed by atoms with Crippen LogP contribution in [0.2, 0.25) is 0 Å². The first-order valence-electron chi connectivity index (χ1n) is 9.32. The Bertz CT molecular complexity index is 958. The van der Waals surface area contributed by atoms with E-state index >= 15 is 0 Å². The molecule has 158 valence electrons. The molecule has 9 nitrogen and oxygen atoms in total. The van der Waals surface area contributed by atoms with Crippen molar-refractivity contribution in [2.75, 3.05) is 17.2 Å². The van der Waals surface area contributed by atoms with Gasteiger partial charge in [0.05, 0.1) is 4.92 Å². The summed E-state index contributed by atoms with van der Waals surface area (Å²) in [5, 5.41) is 16.0. The molecular weight excluding hydrogens is 390 g/mol. The minimum Gasteiger partial charge on any atom is -0.456 e. The Morgan fingerprint density at radius 1 is 1.00 bits per heavy atom. The molecule has 0 heterocycles. The molecule has 0 aliphatic carbocycles. The zero-order valence-corrected chi connectivity index (χ0v) is 16.8. The van der Waals surface area contributed by atoms with E-state index in [4.69, 9.17) is 4.74 Å². The first-order chi connectivity index (χ1) is 14.3. The fraction of sp³-hybridized carbons (Fsp3) is 0.286. The SMILES string of the molecule is Cc1cccc(NC(=O)COC(=O)CCCC(=O)Nc2cccc([N+](=O)[O-])c2)c1C. The van der Waals surface area contributed by atoms with Gasteiger partial charge in [0.25, 0.3) is 11.6 Å². The molecule has 0 aliphatic rings. The van der Waals surface area contributed by atoms with Crippen LogP contribution in [-0.4, -0.2) is 29.3 Å². The lowest BCUT2D eigenvalue weighted by molar-refractivity contribution is -0.384. The molecule has 2 amide bonds. The topological polar surface area (TPSA) is 128 Å². The monoisotopic (exact) mass is 413 g/mol. The van der Waals surface area contributed by atoms with Crippen molar-refractivity contribution in [2.24, 2.45) is 0 Å². The van der Waals surface area contributed by atoms with E-state index in [1.807, 2.05) is 26.0 Å². The molecule has 0 aliphatic heterocycles. The second-order valence-corrected chi connectivity index (χ2v) is 6.67. The smallest absolute Gasteiger partial charge is 0.306 e. The number of carbonyl (C=O) groups excluding carboxylic acids is 3. The number of nitrogens with one attached hydrogen (secondary N) is 2. The quantitative estimate of drug-likeness (QED) is 0.368. The van der Waals surface area contributed by atoms with Crippen LogP contribution in [0.3, 0.4) is 0 Å². The van der Waals surface area contributed by atoms with Crippen LogP contribution in [0, 0.1) is 24.0 Å². The zero-order chi connectivity index (χ0) is 22.1. The second kappa shape index (κ2) is 10.7. The van der Waals surface area contributed by atoms with Crippen molar-refractivity contribution in [2.45, 2.75) is 33.1 Å². The lowest BCUT2D eigenvalue weighted by Crippen LogP contribution is -2.21. The Morgan fingerprint density at radius 3 is 2.47 bits per heavy atom. The van der Waals surface area contributed by atoms with Gasteiger partial charge in [-0.15, -0.1) is 0 Å². The minimum absolute atomic E-state index is 0.0287. The Kier molecular flexibility index (Phi) is 8.04. The van der Waals surface area contributed by atoms with Gasteiger partial charge >= 0.3 is 5.97 Å². The van der Waals surface area contributed by atoms with Crippen LogP contribution in [0.4, 0.5) is 17.1 Å². The summed E-state index contributed by atoms with van der Waals surface area (Å²) < 4.78 is 4.93. The maximum atomic E-state index is 11.9. The summed E-state index contributed by atoms with van der Waals surface area (Å²) >= 11 is 0. The van der Waals surface area contributed by atoms with E-state index in [1.165, 1.54) is 24.3 Å². The van der Waals surface area contributed by atoms with E-state index in [0.29, 0.717) is 11.4 Å². The van der Waals surface area contributed by atoms with Crippen LogP contribution in [0.15, 0.2) is 42.5 Å². The molecule has 0 saturated carbocycles. The highest BCUT2D eigenvalue weighted by Crippen LogP contribution is 2.18. The molecule has 0 fully saturated rings. The number of amides is 2. The third-order valence-electron chi connectivity index (χ3n) is 4.37. The van der Waals surface area contributed by atoms with Crippen molar-refractivity contribution < 1.29 is 24.0 Å². The normalized spacial score (nSPS) is 10.2. The lowest BCUT2D eigenvalue weighted by Gasteiger charge is -2.10. The third-order valence-corrected chi connectivity index (χ3v) is 4.37. The van der Waals surface area contributed by atoms with E-state index in [1.54, 1.807) is 6.07 Å². The molecule has 0 spiro atoms. The molecule has 0 saturated heterocycles. The standard InChI is InChI=1S/C21H23N3O6/c1-14-6-3-9-18(15(14)2)23-20(26)13-30-21(27)11-5-10-19(25)22-16-7-4-8-17(12-16)24(28)29/h3-4,6-9,12H,5,10-11,13H2,1-2H3,(H,22,25)(H,23,26). The van der Waals surface area contributed by atoms with Crippen LogP contribution >= 0.6 is 0 Å². The van der Waals surface area contributed by atoms with Crippen molar-refractivity contribution in [1.29, 1.82) is 0 Å². The Balaban J connectivity index is 1.68. The van der Waals surface area contributed by atoms with Gasteiger partial charge in [-0.1, -0.05) is 18.2 Å². The third kappa shape index (κ3) is 7.01. The number of non-ortho nitro benzene ring substituents is 1. The molecule has 2 aromatic rings. The maximum Gasteiger partial charge on any atom is 0.306 e. The summed E-state index contributed by atoms with van der Waals surface area (Å²) in [6, 6.07) is 11.1. The molecule has 2 aromatic carbocycles. The molecule has 9 heteroatoms. The van der Waals surface area contributed by atoms with Gasteiger partial charge in [-0.2, -0.15) is 0 Å². The van der Waals surface area contributed by atoms with E-state index in [2.05, 4.69) is 10.6 Å². The number of nitro benzene ring substituents is 1. The molecule has 2 rings (SSSR count). The van der Waals surface area contributed by atoms with Crippen molar-refractivity contribution >= 4 is 34.8 Å². The predicted octanol–water partition coefficient (Wildman–Crippen LogP) is 3.50. The first-order valence-corrected chi connectivity index (χ1v) is 9.32. The van der Waals surface area contributed by atoms with Gasteiger partial charge in [-0.05, 0) is 43.5 Å². The molecular formula is C21H23N3O6. The molecule has 30 heavy (non-hydrogen) atoms. The zero-order valence-electron chi connectivity index (χ0n) is 16.8. The highest BCUT2D eigenvalue weighted by atomic mass is 16.6. The average molecular weight is 413 g/mol. The summed E-state index contributed by atoms with van der Waals surface area (Å²) in [5.41, 5.74) is 2.81. The van der Waals surface area contributed by atoms with Gasteiger partial charge in [0.1, 0.15) is 0 Å². The van der Waals surface area contributed by atoms with Crippen molar-refractivity contribution in [1.82, 2.24) is 0 Å². The van der Waals surface area contributed by atoms with Crippen LogP contribution in [-0.2, 0) is 19.1 Å². The summed E-state index contributed by atoms with van der Waals surface area (Å²) in [6.45, 7) is 3.40. The number of nitro groups is 1. The van der Waals surface area contributed by atoms with Gasteiger partial charge in [-0.25, -0.2) is 0 Å². The fourth-order valence-corrected chi connectivity index (χ4v) is 2.61. The van der Waals surface area contributed by atoms with Crippen molar-refractivity contribution in [3.8, 4) is 0 Å². The van der Waals surface area contributed by atoms with Crippen LogP contribution in [0.5, 0.6) is 0 Å². The molecule has 0 aromatic heterocycles. The van der Waals surface area contributed by atoms with Gasteiger partial charge in [0.15, 0.2) is 6.61 Å². The number of nitrogens with zero attached hydrogens (tertiary/aromatic N) is 1. The van der Waals surface area contributed by atoms with E-state index in [9.17, 15) is 24.5 Å². The fourth-order valence-electron chi connectivity index (χ4n) is 2.61. The van der Waals surface area contributed by atoms with Gasteiger partial charge in [-0.3, -0.25) is 24.5 Å². The predicted molar refractivity (Wildman–Crippen MR) is 111 cm³/mol. The first kappa shape index (κ1) is 22.5.